The van der Waals surface area contributed by atoms with Gasteiger partial charge in [-0.05, 0) is 24.1 Å². The van der Waals surface area contributed by atoms with Crippen LogP contribution in [0.4, 0.5) is 0 Å². The molecule has 0 N–H and O–H groups in total. The first-order valence-corrected chi connectivity index (χ1v) is 7.48. The average molecular weight is 312 g/mol. The molecule has 1 unspecified atom stereocenters. The molecular weight excluding hydrogens is 292 g/mol. The second-order valence-corrected chi connectivity index (χ2v) is 5.18. The maximum atomic E-state index is 12.8. The number of carbonyl (C=O) groups excluding carboxylic acids is 2. The maximum Gasteiger partial charge on any atom is 0.302 e. The molecule has 0 aliphatic heterocycles. The van der Waals surface area contributed by atoms with Gasteiger partial charge in [-0.15, -0.1) is 0 Å². The van der Waals surface area contributed by atoms with Crippen molar-refractivity contribution in [2.75, 3.05) is 13.7 Å². The minimum absolute atomic E-state index is 0.0166. The Morgan fingerprint density at radius 3 is 2.22 bits per heavy atom. The van der Waals surface area contributed by atoms with Gasteiger partial charge in [0.25, 0.3) is 0 Å². The highest BCUT2D eigenvalue weighted by Crippen LogP contribution is 2.26. The van der Waals surface area contributed by atoms with Crippen molar-refractivity contribution in [3.63, 3.8) is 0 Å². The summed E-state index contributed by atoms with van der Waals surface area (Å²) in [5.41, 5.74) is 1.53. The highest BCUT2D eigenvalue weighted by Gasteiger charge is 2.22. The van der Waals surface area contributed by atoms with Gasteiger partial charge in [0.1, 0.15) is 5.75 Å². The quantitative estimate of drug-likeness (QED) is 0.579. The molecule has 0 spiro atoms. The number of hydrogen-bond donors (Lipinski definition) is 0. The fourth-order valence-corrected chi connectivity index (χ4v) is 2.41. The first kappa shape index (κ1) is 16.7. The Labute approximate surface area is 136 Å². The van der Waals surface area contributed by atoms with Gasteiger partial charge in [-0.1, -0.05) is 42.5 Å². The number of esters is 1. The third-order valence-corrected chi connectivity index (χ3v) is 3.60. The molecule has 23 heavy (non-hydrogen) atoms. The molecule has 0 aliphatic rings. The highest BCUT2D eigenvalue weighted by atomic mass is 16.5. The lowest BCUT2D eigenvalue weighted by Crippen LogP contribution is -2.16. The van der Waals surface area contributed by atoms with Crippen molar-refractivity contribution < 1.29 is 19.1 Å². The number of ether oxygens (including phenoxy) is 2. The van der Waals surface area contributed by atoms with Crippen LogP contribution < -0.4 is 4.74 Å². The van der Waals surface area contributed by atoms with Crippen LogP contribution in [0.15, 0.2) is 54.6 Å². The fraction of sp³-hybridized carbons (Fsp3) is 0.263. The summed E-state index contributed by atoms with van der Waals surface area (Å²) in [6, 6.07) is 16.5. The van der Waals surface area contributed by atoms with E-state index in [-0.39, 0.29) is 24.3 Å². The van der Waals surface area contributed by atoms with Gasteiger partial charge < -0.3 is 9.47 Å². The molecule has 0 fully saturated rings. The van der Waals surface area contributed by atoms with Crippen LogP contribution in [-0.2, 0) is 9.53 Å². The molecule has 4 nitrogen and oxygen atoms in total. The number of rotatable bonds is 7. The molecule has 2 aromatic rings. The fourth-order valence-electron chi connectivity index (χ4n) is 2.41. The van der Waals surface area contributed by atoms with Gasteiger partial charge in [0, 0.05) is 12.5 Å². The van der Waals surface area contributed by atoms with E-state index in [1.54, 1.807) is 19.2 Å². The molecule has 1 atom stereocenters. The zero-order valence-corrected chi connectivity index (χ0v) is 13.3. The van der Waals surface area contributed by atoms with E-state index in [2.05, 4.69) is 0 Å². The van der Waals surface area contributed by atoms with E-state index < -0.39 is 0 Å². The Bertz CT molecular complexity index is 647. The molecule has 0 saturated carbocycles. The van der Waals surface area contributed by atoms with Crippen LogP contribution in [0.1, 0.15) is 35.2 Å². The van der Waals surface area contributed by atoms with E-state index in [1.807, 2.05) is 42.5 Å². The number of hydrogen-bond acceptors (Lipinski definition) is 4. The van der Waals surface area contributed by atoms with Crippen LogP contribution in [0.25, 0.3) is 0 Å². The largest absolute Gasteiger partial charge is 0.497 e. The molecule has 0 radical (unpaired) electrons. The summed E-state index contributed by atoms with van der Waals surface area (Å²) in [6.07, 6.45) is 0.444. The van der Waals surface area contributed by atoms with Crippen molar-refractivity contribution in [1.82, 2.24) is 0 Å². The van der Waals surface area contributed by atoms with E-state index >= 15 is 0 Å². The number of Topliss-reactive ketones (excluding diaryl/α,β-unsaturated/α-hetero) is 1. The molecule has 4 heteroatoms. The molecule has 2 rings (SSSR count). The van der Waals surface area contributed by atoms with Crippen molar-refractivity contribution in [2.45, 2.75) is 19.3 Å². The molecule has 120 valence electrons. The van der Waals surface area contributed by atoms with E-state index in [0.29, 0.717) is 12.0 Å². The number of methoxy groups -OCH3 is 1. The Morgan fingerprint density at radius 1 is 1.00 bits per heavy atom. The minimum atomic E-state index is -0.359. The first-order valence-electron chi connectivity index (χ1n) is 7.48. The van der Waals surface area contributed by atoms with Crippen molar-refractivity contribution in [3.8, 4) is 5.75 Å². The monoisotopic (exact) mass is 312 g/mol. The normalized spacial score (nSPS) is 11.6. The van der Waals surface area contributed by atoms with Crippen molar-refractivity contribution in [2.24, 2.45) is 0 Å². The Morgan fingerprint density at radius 2 is 1.65 bits per heavy atom. The molecule has 0 saturated heterocycles. The van der Waals surface area contributed by atoms with E-state index in [1.165, 1.54) is 6.92 Å². The van der Waals surface area contributed by atoms with Gasteiger partial charge in [0.15, 0.2) is 5.78 Å². The Kier molecular flexibility index (Phi) is 5.92. The van der Waals surface area contributed by atoms with Crippen molar-refractivity contribution in [1.29, 1.82) is 0 Å². The topological polar surface area (TPSA) is 52.6 Å². The first-order chi connectivity index (χ1) is 11.1. The summed E-state index contributed by atoms with van der Waals surface area (Å²) in [5.74, 6) is 0.0517. The Balaban J connectivity index is 2.23. The zero-order chi connectivity index (χ0) is 16.7. The Hall–Kier alpha value is -2.62. The van der Waals surface area contributed by atoms with Gasteiger partial charge in [-0.25, -0.2) is 0 Å². The van der Waals surface area contributed by atoms with E-state index in [4.69, 9.17) is 9.47 Å². The van der Waals surface area contributed by atoms with Crippen LogP contribution in [0, 0.1) is 0 Å². The van der Waals surface area contributed by atoms with Crippen LogP contribution in [-0.4, -0.2) is 25.5 Å². The lowest BCUT2D eigenvalue weighted by atomic mass is 9.88. The van der Waals surface area contributed by atoms with Crippen molar-refractivity contribution >= 4 is 11.8 Å². The van der Waals surface area contributed by atoms with Crippen LogP contribution >= 0.6 is 0 Å². The predicted molar refractivity (Wildman–Crippen MR) is 87.8 cm³/mol. The summed E-state index contributed by atoms with van der Waals surface area (Å²) in [6.45, 7) is 1.58. The van der Waals surface area contributed by atoms with Gasteiger partial charge in [0.2, 0.25) is 0 Å². The lowest BCUT2D eigenvalue weighted by molar-refractivity contribution is -0.141. The number of ketones is 1. The smallest absolute Gasteiger partial charge is 0.302 e. The zero-order valence-electron chi connectivity index (χ0n) is 13.3. The molecule has 0 heterocycles. The molecule has 0 aromatic heterocycles. The summed E-state index contributed by atoms with van der Waals surface area (Å²) in [7, 11) is 1.60. The highest BCUT2D eigenvalue weighted by molar-refractivity contribution is 6.01. The second kappa shape index (κ2) is 8.13. The van der Waals surface area contributed by atoms with Gasteiger partial charge in [0.05, 0.1) is 19.6 Å². The molecular formula is C19H20O4. The van der Waals surface area contributed by atoms with E-state index in [9.17, 15) is 9.59 Å². The summed E-state index contributed by atoms with van der Waals surface area (Å²) in [5, 5.41) is 0. The van der Waals surface area contributed by atoms with E-state index in [0.717, 1.165) is 11.3 Å². The third kappa shape index (κ3) is 4.68. The number of benzene rings is 2. The van der Waals surface area contributed by atoms with Crippen LogP contribution in [0.5, 0.6) is 5.75 Å². The predicted octanol–water partition coefficient (Wildman–Crippen LogP) is 3.61. The van der Waals surface area contributed by atoms with Gasteiger partial charge >= 0.3 is 5.97 Å². The second-order valence-electron chi connectivity index (χ2n) is 5.18. The maximum absolute atomic E-state index is 12.8. The molecule has 0 aliphatic carbocycles. The average Bonchev–Trinajstić information content (AvgIpc) is 2.59. The summed E-state index contributed by atoms with van der Waals surface area (Å²) in [4.78, 5) is 23.8. The minimum Gasteiger partial charge on any atom is -0.497 e. The summed E-state index contributed by atoms with van der Waals surface area (Å²) < 4.78 is 10.2. The molecule has 0 bridgehead atoms. The standard InChI is InChI=1S/C19H20O4/c1-14(20)23-13-12-18(15-8-10-17(22-2)11-9-15)19(21)16-6-4-3-5-7-16/h3-11,18H,12-13H2,1-2H3. The SMILES string of the molecule is COc1ccc(C(CCOC(C)=O)C(=O)c2ccccc2)cc1. The number of carbonyl (C=O) groups is 2. The third-order valence-electron chi connectivity index (χ3n) is 3.60. The molecule has 0 amide bonds. The summed E-state index contributed by atoms with van der Waals surface area (Å²) >= 11 is 0. The molecule has 2 aromatic carbocycles. The van der Waals surface area contributed by atoms with Crippen molar-refractivity contribution in [3.05, 3.63) is 65.7 Å². The lowest BCUT2D eigenvalue weighted by Gasteiger charge is -2.17. The van der Waals surface area contributed by atoms with Gasteiger partial charge in [-0.2, -0.15) is 0 Å². The van der Waals surface area contributed by atoms with Crippen LogP contribution in [0.2, 0.25) is 0 Å². The van der Waals surface area contributed by atoms with Gasteiger partial charge in [-0.3, -0.25) is 9.59 Å². The van der Waals surface area contributed by atoms with Crippen LogP contribution in [0.3, 0.4) is 0 Å².